The minimum Gasteiger partial charge on any atom is -0.381 e. The van der Waals surface area contributed by atoms with Crippen LogP contribution >= 0.6 is 0 Å². The molecule has 2 rings (SSSR count). The lowest BCUT2D eigenvalue weighted by atomic mass is 9.84. The minimum absolute atomic E-state index is 0.0384. The maximum atomic E-state index is 13.1. The highest BCUT2D eigenvalue weighted by atomic mass is 32.2. The molecule has 1 aliphatic carbocycles. The molecule has 0 aliphatic heterocycles. The summed E-state index contributed by atoms with van der Waals surface area (Å²) in [4.78, 5) is 0.0384. The van der Waals surface area contributed by atoms with Crippen LogP contribution in [0.2, 0.25) is 0 Å². The molecule has 1 fully saturated rings. The molecule has 2 atom stereocenters. The molecule has 0 heterocycles. The molecule has 118 valence electrons. The first-order chi connectivity index (χ1) is 9.69. The van der Waals surface area contributed by atoms with Gasteiger partial charge in [-0.05, 0) is 25.0 Å². The van der Waals surface area contributed by atoms with Gasteiger partial charge in [-0.3, -0.25) is 0 Å². The van der Waals surface area contributed by atoms with Gasteiger partial charge in [-0.15, -0.1) is 0 Å². The van der Waals surface area contributed by atoms with E-state index in [1.807, 2.05) is 0 Å². The summed E-state index contributed by atoms with van der Waals surface area (Å²) in [5.41, 5.74) is 0.251. The Morgan fingerprint density at radius 1 is 1.14 bits per heavy atom. The van der Waals surface area contributed by atoms with Gasteiger partial charge in [0.25, 0.3) is 0 Å². The molecule has 1 saturated carbocycles. The molecule has 0 spiro atoms. The summed E-state index contributed by atoms with van der Waals surface area (Å²) >= 11 is 0. The van der Waals surface area contributed by atoms with Crippen molar-refractivity contribution in [2.24, 2.45) is 5.92 Å². The smallest absolute Gasteiger partial charge is 0.381 e. The second-order valence-electron chi connectivity index (χ2n) is 5.45. The van der Waals surface area contributed by atoms with Gasteiger partial charge < -0.3 is 5.32 Å². The van der Waals surface area contributed by atoms with Crippen LogP contribution in [-0.4, -0.2) is 26.9 Å². The van der Waals surface area contributed by atoms with Crippen molar-refractivity contribution in [2.75, 3.05) is 11.6 Å². The molecule has 1 aromatic carbocycles. The van der Waals surface area contributed by atoms with E-state index in [2.05, 4.69) is 5.32 Å². The summed E-state index contributed by atoms with van der Waals surface area (Å²) in [7, 11) is -3.48. The van der Waals surface area contributed by atoms with Crippen LogP contribution in [0, 0.1) is 5.92 Å². The van der Waals surface area contributed by atoms with Crippen molar-refractivity contribution in [1.29, 1.82) is 0 Å². The Balaban J connectivity index is 2.29. The van der Waals surface area contributed by atoms with Crippen molar-refractivity contribution in [3.05, 3.63) is 24.3 Å². The van der Waals surface area contributed by atoms with E-state index in [0.29, 0.717) is 19.3 Å². The Kier molecular flexibility index (Phi) is 4.51. The lowest BCUT2D eigenvalue weighted by molar-refractivity contribution is -0.184. The van der Waals surface area contributed by atoms with Crippen LogP contribution in [0.1, 0.15) is 25.7 Å². The average molecular weight is 321 g/mol. The van der Waals surface area contributed by atoms with Crippen LogP contribution in [0.4, 0.5) is 18.9 Å². The normalized spacial score (nSPS) is 23.8. The third-order valence-electron chi connectivity index (χ3n) is 3.81. The maximum Gasteiger partial charge on any atom is 0.393 e. The number of anilines is 1. The van der Waals surface area contributed by atoms with Gasteiger partial charge >= 0.3 is 6.18 Å². The third-order valence-corrected chi connectivity index (χ3v) is 4.97. The first-order valence-corrected chi connectivity index (χ1v) is 8.71. The molecule has 1 aromatic rings. The lowest BCUT2D eigenvalue weighted by Crippen LogP contribution is -2.41. The lowest BCUT2D eigenvalue weighted by Gasteiger charge is -2.34. The molecule has 2 unspecified atom stereocenters. The molecule has 0 bridgehead atoms. The zero-order valence-corrected chi connectivity index (χ0v) is 12.5. The van der Waals surface area contributed by atoms with Crippen LogP contribution in [0.25, 0.3) is 0 Å². The zero-order chi connectivity index (χ0) is 15.7. The predicted molar refractivity (Wildman–Crippen MR) is 75.0 cm³/mol. The third kappa shape index (κ3) is 3.90. The van der Waals surface area contributed by atoms with Gasteiger partial charge in [0.1, 0.15) is 0 Å². The number of para-hydroxylation sites is 1. The Bertz CT molecular complexity index is 598. The number of rotatable bonds is 3. The van der Waals surface area contributed by atoms with E-state index < -0.39 is 28.0 Å². The van der Waals surface area contributed by atoms with E-state index in [-0.39, 0.29) is 17.0 Å². The summed E-state index contributed by atoms with van der Waals surface area (Å²) in [6, 6.07) is 5.31. The number of alkyl halides is 3. The van der Waals surface area contributed by atoms with E-state index in [1.54, 1.807) is 12.1 Å². The molecule has 21 heavy (non-hydrogen) atoms. The Hall–Kier alpha value is -1.24. The number of sulfone groups is 1. The summed E-state index contributed by atoms with van der Waals surface area (Å²) in [6.45, 7) is 0. The van der Waals surface area contributed by atoms with Gasteiger partial charge in [-0.2, -0.15) is 13.2 Å². The minimum atomic E-state index is -4.27. The molecular weight excluding hydrogens is 303 g/mol. The topological polar surface area (TPSA) is 46.2 Å². The first kappa shape index (κ1) is 16.1. The van der Waals surface area contributed by atoms with E-state index in [0.717, 1.165) is 6.26 Å². The summed E-state index contributed by atoms with van der Waals surface area (Å²) in [5.74, 6) is -1.43. The van der Waals surface area contributed by atoms with E-state index in [4.69, 9.17) is 0 Å². The monoisotopic (exact) mass is 321 g/mol. The van der Waals surface area contributed by atoms with Crippen molar-refractivity contribution in [3.8, 4) is 0 Å². The number of hydrogen-bond donors (Lipinski definition) is 1. The van der Waals surface area contributed by atoms with Gasteiger partial charge in [-0.25, -0.2) is 8.42 Å². The van der Waals surface area contributed by atoms with Crippen molar-refractivity contribution in [3.63, 3.8) is 0 Å². The molecule has 3 nitrogen and oxygen atoms in total. The molecule has 0 aromatic heterocycles. The maximum absolute atomic E-state index is 13.1. The van der Waals surface area contributed by atoms with Crippen LogP contribution < -0.4 is 5.32 Å². The number of hydrogen-bond acceptors (Lipinski definition) is 3. The molecule has 0 saturated heterocycles. The highest BCUT2D eigenvalue weighted by Gasteiger charge is 2.45. The second-order valence-corrected chi connectivity index (χ2v) is 7.44. The van der Waals surface area contributed by atoms with Crippen molar-refractivity contribution in [2.45, 2.75) is 42.8 Å². The van der Waals surface area contributed by atoms with Crippen molar-refractivity contribution < 1.29 is 21.6 Å². The van der Waals surface area contributed by atoms with Crippen LogP contribution in [0.3, 0.4) is 0 Å². The molecule has 0 radical (unpaired) electrons. The summed E-state index contributed by atoms with van der Waals surface area (Å²) < 4.78 is 62.6. The zero-order valence-electron chi connectivity index (χ0n) is 11.7. The van der Waals surface area contributed by atoms with Gasteiger partial charge in [-0.1, -0.05) is 25.0 Å². The van der Waals surface area contributed by atoms with Crippen LogP contribution in [0.15, 0.2) is 29.2 Å². The largest absolute Gasteiger partial charge is 0.393 e. The molecule has 1 N–H and O–H groups in total. The van der Waals surface area contributed by atoms with E-state index in [1.165, 1.54) is 12.1 Å². The standard InChI is InChI=1S/C14H18F3NO2S/c1-21(19,20)13-9-5-4-8-12(13)18-11-7-3-2-6-10(11)14(15,16)17/h4-5,8-11,18H,2-3,6-7H2,1H3. The molecule has 1 aliphatic rings. The molecular formula is C14H18F3NO2S. The predicted octanol–water partition coefficient (Wildman–Crippen LogP) is 3.62. The summed E-state index contributed by atoms with van der Waals surface area (Å²) in [6.07, 6.45) is -1.47. The van der Waals surface area contributed by atoms with Gasteiger partial charge in [0, 0.05) is 12.3 Å². The van der Waals surface area contributed by atoms with E-state index in [9.17, 15) is 21.6 Å². The van der Waals surface area contributed by atoms with Crippen LogP contribution in [-0.2, 0) is 9.84 Å². The number of benzene rings is 1. The molecule has 0 amide bonds. The van der Waals surface area contributed by atoms with Crippen molar-refractivity contribution >= 4 is 15.5 Å². The highest BCUT2D eigenvalue weighted by Crippen LogP contribution is 2.39. The highest BCUT2D eigenvalue weighted by molar-refractivity contribution is 7.90. The fourth-order valence-corrected chi connectivity index (χ4v) is 3.66. The Morgan fingerprint density at radius 3 is 2.38 bits per heavy atom. The fraction of sp³-hybridized carbons (Fsp3) is 0.571. The Morgan fingerprint density at radius 2 is 1.76 bits per heavy atom. The SMILES string of the molecule is CS(=O)(=O)c1ccccc1NC1CCCCC1C(F)(F)F. The second kappa shape index (κ2) is 5.87. The first-order valence-electron chi connectivity index (χ1n) is 6.82. The molecule has 7 heteroatoms. The van der Waals surface area contributed by atoms with E-state index >= 15 is 0 Å². The quantitative estimate of drug-likeness (QED) is 0.925. The van der Waals surface area contributed by atoms with Gasteiger partial charge in [0.2, 0.25) is 0 Å². The van der Waals surface area contributed by atoms with Gasteiger partial charge in [0.15, 0.2) is 9.84 Å². The average Bonchev–Trinajstić information content (AvgIpc) is 2.37. The van der Waals surface area contributed by atoms with Crippen molar-refractivity contribution in [1.82, 2.24) is 0 Å². The van der Waals surface area contributed by atoms with Gasteiger partial charge in [0.05, 0.1) is 16.5 Å². The number of nitrogens with one attached hydrogen (secondary N) is 1. The Labute approximate surface area is 122 Å². The number of halogens is 3. The summed E-state index contributed by atoms with van der Waals surface area (Å²) in [5, 5.41) is 2.81. The van der Waals surface area contributed by atoms with Crippen LogP contribution in [0.5, 0.6) is 0 Å². The fourth-order valence-electron chi connectivity index (χ4n) is 2.80.